The van der Waals surface area contributed by atoms with Gasteiger partial charge in [-0.15, -0.1) is 0 Å². The van der Waals surface area contributed by atoms with E-state index >= 15 is 0 Å². The molecular formula is C11H15NO2. The summed E-state index contributed by atoms with van der Waals surface area (Å²) < 4.78 is 0. The van der Waals surface area contributed by atoms with Gasteiger partial charge in [0.15, 0.2) is 0 Å². The lowest BCUT2D eigenvalue weighted by Crippen LogP contribution is -2.07. The summed E-state index contributed by atoms with van der Waals surface area (Å²) in [5.41, 5.74) is 6.92. The predicted octanol–water partition coefficient (Wildman–Crippen LogP) is 1.58. The van der Waals surface area contributed by atoms with Gasteiger partial charge >= 0.3 is 0 Å². The highest BCUT2D eigenvalue weighted by molar-refractivity contribution is 5.47. The normalized spacial score (nSPS) is 19.7. The third-order valence-corrected chi connectivity index (χ3v) is 2.80. The standard InChI is InChI=1S/C9H8.C2H7NO2/c1-2-7-4-8-5-9(7)3-6(1)8;1-4-3-5-2/h1-3,8H,4-5H2;3H,1-2H3. The molecule has 0 fully saturated rings. The molecule has 0 amide bonds. The Morgan fingerprint density at radius 3 is 2.14 bits per heavy atom. The van der Waals surface area contributed by atoms with Gasteiger partial charge in [0.05, 0.1) is 14.2 Å². The van der Waals surface area contributed by atoms with Crippen LogP contribution in [0, 0.1) is 0 Å². The minimum atomic E-state index is 0.903. The van der Waals surface area contributed by atoms with Crippen LogP contribution in [0.15, 0.2) is 18.2 Å². The van der Waals surface area contributed by atoms with E-state index in [0.29, 0.717) is 0 Å². The summed E-state index contributed by atoms with van der Waals surface area (Å²) in [5.74, 6) is 0.903. The van der Waals surface area contributed by atoms with Gasteiger partial charge in [-0.3, -0.25) is 9.68 Å². The molecule has 3 aliphatic carbocycles. The third-order valence-electron chi connectivity index (χ3n) is 2.80. The van der Waals surface area contributed by atoms with Crippen LogP contribution in [0.3, 0.4) is 0 Å². The fraction of sp³-hybridized carbons (Fsp3) is 0.455. The van der Waals surface area contributed by atoms with Crippen LogP contribution in [0.1, 0.15) is 22.6 Å². The molecule has 4 rings (SSSR count). The highest BCUT2D eigenvalue weighted by atomic mass is 16.9. The molecule has 14 heavy (non-hydrogen) atoms. The minimum absolute atomic E-state index is 0.903. The van der Waals surface area contributed by atoms with Crippen molar-refractivity contribution in [1.82, 2.24) is 5.64 Å². The number of hydrogen-bond donors (Lipinski definition) is 1. The lowest BCUT2D eigenvalue weighted by Gasteiger charge is -2.10. The summed E-state index contributed by atoms with van der Waals surface area (Å²) >= 11 is 0. The Balaban J connectivity index is 0.000000132. The van der Waals surface area contributed by atoms with Crippen LogP contribution in [0.2, 0.25) is 0 Å². The van der Waals surface area contributed by atoms with E-state index in [-0.39, 0.29) is 0 Å². The second-order valence-electron chi connectivity index (χ2n) is 3.62. The van der Waals surface area contributed by atoms with Crippen molar-refractivity contribution < 1.29 is 9.68 Å². The summed E-state index contributed by atoms with van der Waals surface area (Å²) in [6.07, 6.45) is 2.69. The van der Waals surface area contributed by atoms with E-state index in [9.17, 15) is 0 Å². The molecule has 0 saturated heterocycles. The summed E-state index contributed by atoms with van der Waals surface area (Å²) in [4.78, 5) is 8.44. The maximum absolute atomic E-state index is 4.22. The van der Waals surface area contributed by atoms with Crippen molar-refractivity contribution in [3.63, 3.8) is 0 Å². The van der Waals surface area contributed by atoms with Crippen LogP contribution >= 0.6 is 0 Å². The van der Waals surface area contributed by atoms with Crippen molar-refractivity contribution in [1.29, 1.82) is 0 Å². The summed E-state index contributed by atoms with van der Waals surface area (Å²) in [6.45, 7) is 0. The topological polar surface area (TPSA) is 30.5 Å². The molecule has 3 heteroatoms. The Hall–Kier alpha value is -0.900. The molecule has 0 radical (unpaired) electrons. The number of benzene rings is 1. The molecule has 0 aromatic heterocycles. The van der Waals surface area contributed by atoms with Crippen LogP contribution in [-0.4, -0.2) is 14.2 Å². The molecule has 1 atom stereocenters. The molecule has 3 aliphatic rings. The quantitative estimate of drug-likeness (QED) is 0.723. The molecule has 1 aromatic carbocycles. The van der Waals surface area contributed by atoms with Gasteiger partial charge in [-0.25, -0.2) is 0 Å². The highest BCUT2D eigenvalue weighted by Gasteiger charge is 2.29. The maximum Gasteiger partial charge on any atom is 0.0599 e. The monoisotopic (exact) mass is 193 g/mol. The van der Waals surface area contributed by atoms with E-state index in [1.165, 1.54) is 27.1 Å². The molecule has 1 N–H and O–H groups in total. The molecule has 0 aliphatic heterocycles. The van der Waals surface area contributed by atoms with Crippen LogP contribution in [-0.2, 0) is 22.5 Å². The third kappa shape index (κ3) is 1.66. The largest absolute Gasteiger partial charge is 0.280 e. The van der Waals surface area contributed by atoms with Crippen LogP contribution in [0.4, 0.5) is 0 Å². The van der Waals surface area contributed by atoms with Crippen molar-refractivity contribution in [2.75, 3.05) is 14.2 Å². The van der Waals surface area contributed by atoms with Crippen molar-refractivity contribution in [3.05, 3.63) is 34.9 Å². The van der Waals surface area contributed by atoms with E-state index < -0.39 is 0 Å². The van der Waals surface area contributed by atoms with Gasteiger partial charge in [-0.05, 0) is 35.4 Å². The highest BCUT2D eigenvalue weighted by Crippen LogP contribution is 2.41. The summed E-state index contributed by atoms with van der Waals surface area (Å²) in [6, 6.07) is 6.93. The molecule has 3 nitrogen and oxygen atoms in total. The van der Waals surface area contributed by atoms with Crippen molar-refractivity contribution in [3.8, 4) is 0 Å². The lowest BCUT2D eigenvalue weighted by atomic mass is 9.95. The molecular weight excluding hydrogens is 178 g/mol. The smallest absolute Gasteiger partial charge is 0.0599 e. The molecule has 0 spiro atoms. The number of fused-ring (bicyclic) bond motifs is 1. The molecule has 4 bridgehead atoms. The zero-order valence-electron chi connectivity index (χ0n) is 8.54. The zero-order chi connectivity index (χ0) is 9.97. The van der Waals surface area contributed by atoms with Crippen molar-refractivity contribution in [2.24, 2.45) is 0 Å². The first-order valence-electron chi connectivity index (χ1n) is 4.78. The van der Waals surface area contributed by atoms with Crippen LogP contribution < -0.4 is 5.64 Å². The molecule has 0 saturated carbocycles. The van der Waals surface area contributed by atoms with E-state index in [1.54, 1.807) is 16.7 Å². The summed E-state index contributed by atoms with van der Waals surface area (Å²) in [7, 11) is 2.95. The van der Waals surface area contributed by atoms with Crippen LogP contribution in [0.25, 0.3) is 0 Å². The zero-order valence-corrected chi connectivity index (χ0v) is 8.54. The second-order valence-corrected chi connectivity index (χ2v) is 3.62. The van der Waals surface area contributed by atoms with Gasteiger partial charge in [0, 0.05) is 0 Å². The molecule has 1 aromatic rings. The SMILES string of the molecule is CONOC.c1cc2c3cc1C(C2)C3. The first kappa shape index (κ1) is 9.65. The Morgan fingerprint density at radius 1 is 1.14 bits per heavy atom. The fourth-order valence-electron chi connectivity index (χ4n) is 2.21. The maximum atomic E-state index is 4.22. The average Bonchev–Trinajstić information content (AvgIpc) is 2.74. The lowest BCUT2D eigenvalue weighted by molar-refractivity contribution is -0.130. The average molecular weight is 193 g/mol. The van der Waals surface area contributed by atoms with Gasteiger partial charge < -0.3 is 0 Å². The van der Waals surface area contributed by atoms with E-state index in [2.05, 4.69) is 33.5 Å². The second kappa shape index (κ2) is 4.09. The van der Waals surface area contributed by atoms with E-state index in [4.69, 9.17) is 0 Å². The number of nitrogens with one attached hydrogen (secondary N) is 1. The molecule has 76 valence electrons. The summed E-state index contributed by atoms with van der Waals surface area (Å²) in [5, 5.41) is 0. The first-order valence-corrected chi connectivity index (χ1v) is 4.78. The van der Waals surface area contributed by atoms with Crippen molar-refractivity contribution >= 4 is 0 Å². The predicted molar refractivity (Wildman–Crippen MR) is 53.7 cm³/mol. The Kier molecular flexibility index (Phi) is 2.82. The minimum Gasteiger partial charge on any atom is -0.280 e. The number of hydrogen-bond acceptors (Lipinski definition) is 3. The Bertz CT molecular complexity index is 323. The van der Waals surface area contributed by atoms with Crippen molar-refractivity contribution in [2.45, 2.75) is 18.8 Å². The van der Waals surface area contributed by atoms with E-state index in [1.807, 2.05) is 0 Å². The van der Waals surface area contributed by atoms with Gasteiger partial charge in [0.25, 0.3) is 0 Å². The molecule has 0 heterocycles. The molecule has 1 unspecified atom stereocenters. The first-order chi connectivity index (χ1) is 6.85. The van der Waals surface area contributed by atoms with Gasteiger partial charge in [0.1, 0.15) is 0 Å². The van der Waals surface area contributed by atoms with E-state index in [0.717, 1.165) is 5.92 Å². The Labute approximate surface area is 83.9 Å². The van der Waals surface area contributed by atoms with Gasteiger partial charge in [-0.2, -0.15) is 0 Å². The van der Waals surface area contributed by atoms with Gasteiger partial charge in [-0.1, -0.05) is 23.8 Å². The Morgan fingerprint density at radius 2 is 1.86 bits per heavy atom. The fourth-order valence-corrected chi connectivity index (χ4v) is 2.21. The number of rotatable bonds is 2. The van der Waals surface area contributed by atoms with Gasteiger partial charge in [0.2, 0.25) is 0 Å². The van der Waals surface area contributed by atoms with Crippen LogP contribution in [0.5, 0.6) is 0 Å².